The summed E-state index contributed by atoms with van der Waals surface area (Å²) in [5.41, 5.74) is 6.46. The number of benzene rings is 1. The largest absolute Gasteiger partial charge is 0.487 e. The summed E-state index contributed by atoms with van der Waals surface area (Å²) in [5, 5.41) is 0. The average molecular weight is 209 g/mol. The fourth-order valence-corrected chi connectivity index (χ4v) is 1.56. The van der Waals surface area contributed by atoms with Gasteiger partial charge in [0.05, 0.1) is 6.10 Å². The fourth-order valence-electron chi connectivity index (χ4n) is 1.56. The summed E-state index contributed by atoms with van der Waals surface area (Å²) >= 11 is 0. The SMILES string of the molecule is C[C@@H](N)c1ccc(OC2CCC2)c(F)c1. The highest BCUT2D eigenvalue weighted by molar-refractivity contribution is 5.31. The molecular weight excluding hydrogens is 193 g/mol. The second kappa shape index (κ2) is 4.19. The molecule has 0 aliphatic heterocycles. The van der Waals surface area contributed by atoms with Gasteiger partial charge in [-0.1, -0.05) is 6.07 Å². The Morgan fingerprint density at radius 2 is 2.20 bits per heavy atom. The zero-order valence-corrected chi connectivity index (χ0v) is 8.87. The van der Waals surface area contributed by atoms with Crippen LogP contribution in [0.2, 0.25) is 0 Å². The molecule has 1 aromatic carbocycles. The van der Waals surface area contributed by atoms with Crippen LogP contribution in [0.1, 0.15) is 37.8 Å². The van der Waals surface area contributed by atoms with Crippen molar-refractivity contribution in [3.63, 3.8) is 0 Å². The van der Waals surface area contributed by atoms with Crippen LogP contribution in [0.4, 0.5) is 4.39 Å². The summed E-state index contributed by atoms with van der Waals surface area (Å²) in [6.45, 7) is 1.83. The molecule has 1 atom stereocenters. The van der Waals surface area contributed by atoms with Crippen molar-refractivity contribution in [3.05, 3.63) is 29.6 Å². The van der Waals surface area contributed by atoms with E-state index in [1.54, 1.807) is 6.07 Å². The molecule has 0 radical (unpaired) electrons. The quantitative estimate of drug-likeness (QED) is 0.830. The summed E-state index contributed by atoms with van der Waals surface area (Å²) in [5.74, 6) is 0.0424. The summed E-state index contributed by atoms with van der Waals surface area (Å²) in [6.07, 6.45) is 3.47. The molecule has 82 valence electrons. The molecule has 0 amide bonds. The highest BCUT2D eigenvalue weighted by atomic mass is 19.1. The molecule has 1 aromatic rings. The molecule has 0 bridgehead atoms. The molecule has 0 heterocycles. The molecule has 0 saturated heterocycles. The van der Waals surface area contributed by atoms with Crippen LogP contribution in [0.25, 0.3) is 0 Å². The van der Waals surface area contributed by atoms with Gasteiger partial charge in [-0.05, 0) is 43.9 Å². The van der Waals surface area contributed by atoms with Crippen molar-refractivity contribution in [2.75, 3.05) is 0 Å². The van der Waals surface area contributed by atoms with E-state index in [4.69, 9.17) is 10.5 Å². The third-order valence-corrected chi connectivity index (χ3v) is 2.83. The van der Waals surface area contributed by atoms with E-state index in [9.17, 15) is 4.39 Å². The van der Waals surface area contributed by atoms with Gasteiger partial charge in [0.25, 0.3) is 0 Å². The lowest BCUT2D eigenvalue weighted by atomic mass is 9.96. The highest BCUT2D eigenvalue weighted by Crippen LogP contribution is 2.28. The summed E-state index contributed by atoms with van der Waals surface area (Å²) in [6, 6.07) is 4.81. The second-order valence-electron chi connectivity index (χ2n) is 4.15. The molecule has 1 aliphatic carbocycles. The molecule has 3 heteroatoms. The third-order valence-electron chi connectivity index (χ3n) is 2.83. The predicted octanol–water partition coefficient (Wildman–Crippen LogP) is 2.78. The molecule has 0 aromatic heterocycles. The molecule has 1 aliphatic rings. The van der Waals surface area contributed by atoms with Gasteiger partial charge in [0.15, 0.2) is 11.6 Å². The maximum atomic E-state index is 13.6. The van der Waals surface area contributed by atoms with Crippen molar-refractivity contribution in [1.82, 2.24) is 0 Å². The van der Waals surface area contributed by atoms with Crippen LogP contribution in [-0.2, 0) is 0 Å². The Bertz CT molecular complexity index is 347. The van der Waals surface area contributed by atoms with Crippen molar-refractivity contribution >= 4 is 0 Å². The van der Waals surface area contributed by atoms with E-state index in [-0.39, 0.29) is 18.0 Å². The zero-order valence-electron chi connectivity index (χ0n) is 8.87. The number of rotatable bonds is 3. The summed E-state index contributed by atoms with van der Waals surface area (Å²) in [4.78, 5) is 0. The van der Waals surface area contributed by atoms with Gasteiger partial charge in [-0.15, -0.1) is 0 Å². The van der Waals surface area contributed by atoms with Crippen molar-refractivity contribution in [2.24, 2.45) is 5.73 Å². The second-order valence-corrected chi connectivity index (χ2v) is 4.15. The van der Waals surface area contributed by atoms with Crippen LogP contribution in [0.3, 0.4) is 0 Å². The molecule has 0 unspecified atom stereocenters. The molecule has 1 saturated carbocycles. The van der Waals surface area contributed by atoms with Gasteiger partial charge in [0.1, 0.15) is 0 Å². The first-order valence-electron chi connectivity index (χ1n) is 5.38. The van der Waals surface area contributed by atoms with E-state index >= 15 is 0 Å². The van der Waals surface area contributed by atoms with Crippen molar-refractivity contribution in [2.45, 2.75) is 38.3 Å². The Balaban J connectivity index is 2.11. The van der Waals surface area contributed by atoms with E-state index in [0.717, 1.165) is 18.4 Å². The van der Waals surface area contributed by atoms with Gasteiger partial charge in [-0.25, -0.2) is 4.39 Å². The van der Waals surface area contributed by atoms with Crippen LogP contribution in [0, 0.1) is 5.82 Å². The molecule has 2 nitrogen and oxygen atoms in total. The van der Waals surface area contributed by atoms with Crippen molar-refractivity contribution < 1.29 is 9.13 Å². The van der Waals surface area contributed by atoms with Gasteiger partial charge in [0, 0.05) is 6.04 Å². The van der Waals surface area contributed by atoms with Crippen molar-refractivity contribution in [1.29, 1.82) is 0 Å². The van der Waals surface area contributed by atoms with Crippen LogP contribution < -0.4 is 10.5 Å². The molecule has 2 N–H and O–H groups in total. The lowest BCUT2D eigenvalue weighted by Gasteiger charge is -2.26. The van der Waals surface area contributed by atoms with E-state index in [2.05, 4.69) is 0 Å². The molecule has 1 fully saturated rings. The zero-order chi connectivity index (χ0) is 10.8. The van der Waals surface area contributed by atoms with Gasteiger partial charge >= 0.3 is 0 Å². The van der Waals surface area contributed by atoms with Gasteiger partial charge in [-0.3, -0.25) is 0 Å². The number of halogens is 1. The van der Waals surface area contributed by atoms with E-state index in [1.165, 1.54) is 12.5 Å². The number of ether oxygens (including phenoxy) is 1. The lowest BCUT2D eigenvalue weighted by Crippen LogP contribution is -2.25. The maximum Gasteiger partial charge on any atom is 0.165 e. The smallest absolute Gasteiger partial charge is 0.165 e. The minimum absolute atomic E-state index is 0.141. The first-order valence-corrected chi connectivity index (χ1v) is 5.38. The summed E-state index contributed by atoms with van der Waals surface area (Å²) in [7, 11) is 0. The van der Waals surface area contributed by atoms with Crippen LogP contribution >= 0.6 is 0 Å². The van der Waals surface area contributed by atoms with Crippen LogP contribution in [-0.4, -0.2) is 6.10 Å². The Labute approximate surface area is 89.2 Å². The topological polar surface area (TPSA) is 35.2 Å². The number of nitrogens with two attached hydrogens (primary N) is 1. The van der Waals surface area contributed by atoms with Gasteiger partial charge < -0.3 is 10.5 Å². The summed E-state index contributed by atoms with van der Waals surface area (Å²) < 4.78 is 19.1. The third kappa shape index (κ3) is 2.29. The monoisotopic (exact) mass is 209 g/mol. The number of hydrogen-bond acceptors (Lipinski definition) is 2. The fraction of sp³-hybridized carbons (Fsp3) is 0.500. The minimum Gasteiger partial charge on any atom is -0.487 e. The van der Waals surface area contributed by atoms with E-state index in [0.29, 0.717) is 5.75 Å². The van der Waals surface area contributed by atoms with Gasteiger partial charge in [-0.2, -0.15) is 0 Å². The maximum absolute atomic E-state index is 13.6. The molecule has 0 spiro atoms. The Morgan fingerprint density at radius 3 is 2.67 bits per heavy atom. The standard InChI is InChI=1S/C12H16FNO/c1-8(14)9-5-6-12(11(13)7-9)15-10-3-2-4-10/h5-8,10H,2-4,14H2,1H3/t8-/m1/s1. The molecule has 2 rings (SSSR count). The minimum atomic E-state index is -0.309. The van der Waals surface area contributed by atoms with E-state index in [1.807, 2.05) is 13.0 Å². The Hall–Kier alpha value is -1.09. The first-order chi connectivity index (χ1) is 7.16. The van der Waals surface area contributed by atoms with Crippen LogP contribution in [0.5, 0.6) is 5.75 Å². The number of hydrogen-bond donors (Lipinski definition) is 1. The van der Waals surface area contributed by atoms with Crippen LogP contribution in [0.15, 0.2) is 18.2 Å². The average Bonchev–Trinajstić information content (AvgIpc) is 2.12. The molecular formula is C12H16FNO. The Kier molecular flexibility index (Phi) is 2.91. The molecule has 15 heavy (non-hydrogen) atoms. The highest BCUT2D eigenvalue weighted by Gasteiger charge is 2.20. The van der Waals surface area contributed by atoms with Crippen molar-refractivity contribution in [3.8, 4) is 5.75 Å². The lowest BCUT2D eigenvalue weighted by molar-refractivity contribution is 0.115. The van der Waals surface area contributed by atoms with E-state index < -0.39 is 0 Å². The Morgan fingerprint density at radius 1 is 1.47 bits per heavy atom. The normalized spacial score (nSPS) is 18.3. The van der Waals surface area contributed by atoms with Gasteiger partial charge in [0.2, 0.25) is 0 Å². The first kappa shape index (κ1) is 10.4. The predicted molar refractivity (Wildman–Crippen MR) is 57.3 cm³/mol.